The summed E-state index contributed by atoms with van der Waals surface area (Å²) in [5.74, 6) is 0.0509. The van der Waals surface area contributed by atoms with Crippen molar-refractivity contribution in [2.75, 3.05) is 0 Å². The lowest BCUT2D eigenvalue weighted by atomic mass is 9.88. The highest BCUT2D eigenvalue weighted by Gasteiger charge is 2.23. The van der Waals surface area contributed by atoms with Gasteiger partial charge in [0.15, 0.2) is 0 Å². The summed E-state index contributed by atoms with van der Waals surface area (Å²) >= 11 is 3.50. The molecule has 1 heterocycles. The van der Waals surface area contributed by atoms with Gasteiger partial charge in [-0.05, 0) is 43.0 Å². The van der Waals surface area contributed by atoms with Gasteiger partial charge in [0.2, 0.25) is 0 Å². The number of aromatic amines is 1. The van der Waals surface area contributed by atoms with Crippen molar-refractivity contribution in [1.82, 2.24) is 4.98 Å². The Morgan fingerprint density at radius 1 is 1.44 bits per heavy atom. The van der Waals surface area contributed by atoms with Crippen LogP contribution in [0.25, 0.3) is 10.9 Å². The van der Waals surface area contributed by atoms with Crippen LogP contribution in [0.4, 0.5) is 0 Å². The van der Waals surface area contributed by atoms with E-state index < -0.39 is 0 Å². The number of nitriles is 1. The number of hydrogen-bond donors (Lipinski definition) is 1. The molecule has 0 saturated heterocycles. The zero-order chi connectivity index (χ0) is 11.1. The highest BCUT2D eigenvalue weighted by atomic mass is 79.9. The van der Waals surface area contributed by atoms with Gasteiger partial charge < -0.3 is 4.98 Å². The number of fused-ring (bicyclic) bond motifs is 3. The molecule has 0 spiro atoms. The fraction of sp³-hybridized carbons (Fsp3) is 0.308. The predicted molar refractivity (Wildman–Crippen MR) is 67.3 cm³/mol. The van der Waals surface area contributed by atoms with Crippen LogP contribution in [-0.2, 0) is 6.42 Å². The minimum atomic E-state index is 0.0509. The maximum absolute atomic E-state index is 9.14. The highest BCUT2D eigenvalue weighted by Crippen LogP contribution is 2.36. The van der Waals surface area contributed by atoms with E-state index in [0.29, 0.717) is 0 Å². The molecule has 0 fully saturated rings. The Kier molecular flexibility index (Phi) is 2.26. The van der Waals surface area contributed by atoms with Crippen molar-refractivity contribution in [2.45, 2.75) is 25.2 Å². The molecule has 1 unspecified atom stereocenters. The summed E-state index contributed by atoms with van der Waals surface area (Å²) in [6.45, 7) is 0. The zero-order valence-electron chi connectivity index (χ0n) is 8.76. The molecule has 1 aliphatic carbocycles. The molecule has 16 heavy (non-hydrogen) atoms. The molecule has 1 aromatic carbocycles. The first-order valence-electron chi connectivity index (χ1n) is 5.49. The monoisotopic (exact) mass is 274 g/mol. The van der Waals surface area contributed by atoms with Crippen LogP contribution in [0.3, 0.4) is 0 Å². The zero-order valence-corrected chi connectivity index (χ0v) is 10.3. The molecular formula is C13H11BrN2. The standard InChI is InChI=1S/C13H11BrN2/c14-9-4-5-12-11(6-9)10-3-1-2-8(7-15)13(10)16-12/h4-6,8,16H,1-3H2. The Morgan fingerprint density at radius 3 is 3.12 bits per heavy atom. The summed E-state index contributed by atoms with van der Waals surface area (Å²) in [5, 5.41) is 10.4. The van der Waals surface area contributed by atoms with Crippen molar-refractivity contribution in [3.8, 4) is 6.07 Å². The molecule has 2 aromatic rings. The molecule has 0 bridgehead atoms. The third kappa shape index (κ3) is 1.37. The third-order valence-electron chi connectivity index (χ3n) is 3.33. The van der Waals surface area contributed by atoms with E-state index in [9.17, 15) is 0 Å². The van der Waals surface area contributed by atoms with E-state index in [0.717, 1.165) is 34.9 Å². The average Bonchev–Trinajstić information content (AvgIpc) is 2.67. The second-order valence-electron chi connectivity index (χ2n) is 4.28. The normalized spacial score (nSPS) is 19.4. The van der Waals surface area contributed by atoms with Gasteiger partial charge in [-0.2, -0.15) is 5.26 Å². The molecular weight excluding hydrogens is 264 g/mol. The van der Waals surface area contributed by atoms with Gasteiger partial charge in [0.25, 0.3) is 0 Å². The number of nitrogens with one attached hydrogen (secondary N) is 1. The lowest BCUT2D eigenvalue weighted by Crippen LogP contribution is -2.06. The smallest absolute Gasteiger partial charge is 0.0865 e. The number of H-pyrrole nitrogens is 1. The van der Waals surface area contributed by atoms with Crippen LogP contribution < -0.4 is 0 Å². The van der Waals surface area contributed by atoms with Crippen LogP contribution in [0, 0.1) is 11.3 Å². The van der Waals surface area contributed by atoms with E-state index in [1.54, 1.807) is 0 Å². The molecule has 1 aliphatic rings. The third-order valence-corrected chi connectivity index (χ3v) is 3.82. The lowest BCUT2D eigenvalue weighted by Gasteiger charge is -2.16. The van der Waals surface area contributed by atoms with Crippen molar-refractivity contribution >= 4 is 26.8 Å². The first-order valence-corrected chi connectivity index (χ1v) is 6.28. The fourth-order valence-electron chi connectivity index (χ4n) is 2.56. The van der Waals surface area contributed by atoms with Crippen molar-refractivity contribution < 1.29 is 0 Å². The summed E-state index contributed by atoms with van der Waals surface area (Å²) < 4.78 is 1.10. The number of nitrogens with zero attached hydrogens (tertiary/aromatic N) is 1. The Labute approximate surface area is 102 Å². The van der Waals surface area contributed by atoms with Crippen molar-refractivity contribution in [2.24, 2.45) is 0 Å². The molecule has 3 rings (SSSR count). The first-order chi connectivity index (χ1) is 7.79. The Bertz CT molecular complexity index is 592. The van der Waals surface area contributed by atoms with E-state index in [2.05, 4.69) is 39.1 Å². The molecule has 0 aliphatic heterocycles. The van der Waals surface area contributed by atoms with Crippen LogP contribution in [0.15, 0.2) is 22.7 Å². The summed E-state index contributed by atoms with van der Waals surface area (Å²) in [7, 11) is 0. The van der Waals surface area contributed by atoms with Gasteiger partial charge in [-0.15, -0.1) is 0 Å². The minimum Gasteiger partial charge on any atom is -0.357 e. The van der Waals surface area contributed by atoms with E-state index in [1.165, 1.54) is 10.9 Å². The SMILES string of the molecule is N#CC1CCCc2c1[nH]c1ccc(Br)cc21. The van der Waals surface area contributed by atoms with Gasteiger partial charge in [-0.3, -0.25) is 0 Å². The molecule has 3 heteroatoms. The number of aromatic nitrogens is 1. The summed E-state index contributed by atoms with van der Waals surface area (Å²) in [6.07, 6.45) is 3.19. The molecule has 0 amide bonds. The van der Waals surface area contributed by atoms with Gasteiger partial charge in [-0.1, -0.05) is 15.9 Å². The molecule has 0 radical (unpaired) electrons. The fourth-order valence-corrected chi connectivity index (χ4v) is 2.93. The van der Waals surface area contributed by atoms with Gasteiger partial charge in [0.1, 0.15) is 0 Å². The first kappa shape index (κ1) is 9.92. The second kappa shape index (κ2) is 3.64. The van der Waals surface area contributed by atoms with Gasteiger partial charge in [0, 0.05) is 21.1 Å². The highest BCUT2D eigenvalue weighted by molar-refractivity contribution is 9.10. The molecule has 0 saturated carbocycles. The maximum Gasteiger partial charge on any atom is 0.0865 e. The molecule has 2 nitrogen and oxygen atoms in total. The van der Waals surface area contributed by atoms with E-state index in [4.69, 9.17) is 5.26 Å². The second-order valence-corrected chi connectivity index (χ2v) is 5.20. The number of rotatable bonds is 0. The van der Waals surface area contributed by atoms with Crippen LogP contribution in [0.1, 0.15) is 30.0 Å². The summed E-state index contributed by atoms with van der Waals surface area (Å²) in [5.41, 5.74) is 3.63. The number of benzene rings is 1. The van der Waals surface area contributed by atoms with Crippen molar-refractivity contribution in [3.05, 3.63) is 33.9 Å². The number of halogens is 1. The molecule has 1 N–H and O–H groups in total. The summed E-state index contributed by atoms with van der Waals surface area (Å²) in [4.78, 5) is 3.40. The van der Waals surface area contributed by atoms with E-state index >= 15 is 0 Å². The van der Waals surface area contributed by atoms with E-state index in [-0.39, 0.29) is 5.92 Å². The van der Waals surface area contributed by atoms with Gasteiger partial charge >= 0.3 is 0 Å². The quantitative estimate of drug-likeness (QED) is 0.778. The Hall–Kier alpha value is -1.27. The van der Waals surface area contributed by atoms with Crippen molar-refractivity contribution in [1.29, 1.82) is 5.26 Å². The molecule has 1 atom stereocenters. The van der Waals surface area contributed by atoms with Crippen LogP contribution in [-0.4, -0.2) is 4.98 Å². The van der Waals surface area contributed by atoms with Crippen molar-refractivity contribution in [3.63, 3.8) is 0 Å². The molecule has 80 valence electrons. The topological polar surface area (TPSA) is 39.6 Å². The van der Waals surface area contributed by atoms with Crippen LogP contribution >= 0.6 is 15.9 Å². The molecule has 1 aromatic heterocycles. The number of hydrogen-bond acceptors (Lipinski definition) is 1. The van der Waals surface area contributed by atoms with Gasteiger partial charge in [0.05, 0.1) is 12.0 Å². The largest absolute Gasteiger partial charge is 0.357 e. The Morgan fingerprint density at radius 2 is 2.31 bits per heavy atom. The van der Waals surface area contributed by atoms with Gasteiger partial charge in [-0.25, -0.2) is 0 Å². The average molecular weight is 275 g/mol. The number of aryl methyl sites for hydroxylation is 1. The lowest BCUT2D eigenvalue weighted by molar-refractivity contribution is 0.629. The predicted octanol–water partition coefficient (Wildman–Crippen LogP) is 3.87. The van der Waals surface area contributed by atoms with Crippen LogP contribution in [0.5, 0.6) is 0 Å². The van der Waals surface area contributed by atoms with Crippen LogP contribution in [0.2, 0.25) is 0 Å². The Balaban J connectivity index is 2.30. The minimum absolute atomic E-state index is 0.0509. The van der Waals surface area contributed by atoms with E-state index in [1.807, 2.05) is 6.07 Å². The maximum atomic E-state index is 9.14. The summed E-state index contributed by atoms with van der Waals surface area (Å²) in [6, 6.07) is 8.64.